The molecule has 2 aromatic carbocycles. The molecule has 0 aromatic heterocycles. The third-order valence-corrected chi connectivity index (χ3v) is 5.59. The molecule has 0 bridgehead atoms. The first-order valence-corrected chi connectivity index (χ1v) is 8.46. The normalized spacial score (nSPS) is 11.4. The molecule has 0 fully saturated rings. The maximum absolute atomic E-state index is 13.3. The monoisotopic (exact) mass is 412 g/mol. The van der Waals surface area contributed by atoms with E-state index in [2.05, 4.69) is 20.7 Å². The Hall–Kier alpha value is -1.02. The number of nitrogens with two attached hydrogens (primary N) is 1. The number of benzene rings is 2. The molecule has 0 saturated carbocycles. The van der Waals surface area contributed by atoms with Crippen molar-refractivity contribution in [3.05, 3.63) is 50.7 Å². The van der Waals surface area contributed by atoms with Gasteiger partial charge >= 0.3 is 0 Å². The van der Waals surface area contributed by atoms with Gasteiger partial charge in [-0.15, -0.1) is 0 Å². The molecule has 0 amide bonds. The first-order chi connectivity index (χ1) is 9.70. The summed E-state index contributed by atoms with van der Waals surface area (Å²) in [6.45, 7) is 0. The van der Waals surface area contributed by atoms with E-state index >= 15 is 0 Å². The van der Waals surface area contributed by atoms with Crippen molar-refractivity contribution in [3.63, 3.8) is 0 Å². The highest BCUT2D eigenvalue weighted by Crippen LogP contribution is 2.30. The Kier molecular flexibility index (Phi) is 4.67. The second-order valence-electron chi connectivity index (χ2n) is 4.04. The van der Waals surface area contributed by atoms with Crippen LogP contribution in [0.5, 0.6) is 0 Å². The standard InChI is InChI=1S/C12H8BrCl2FN2O2S/c13-7-4-10(16)11(17)5-12(7)21(19,20)18-6-1-2-8(14)9(15)3-6/h1-5,18H,17H2. The number of halogens is 4. The van der Waals surface area contributed by atoms with Crippen molar-refractivity contribution < 1.29 is 12.8 Å². The van der Waals surface area contributed by atoms with E-state index in [1.165, 1.54) is 18.2 Å². The highest BCUT2D eigenvalue weighted by Gasteiger charge is 2.20. The third kappa shape index (κ3) is 3.60. The summed E-state index contributed by atoms with van der Waals surface area (Å²) in [6.07, 6.45) is 0. The van der Waals surface area contributed by atoms with Crippen LogP contribution in [0.4, 0.5) is 15.8 Å². The Bertz CT molecular complexity index is 815. The summed E-state index contributed by atoms with van der Waals surface area (Å²) < 4.78 is 40.2. The molecule has 0 heterocycles. The van der Waals surface area contributed by atoms with Crippen LogP contribution in [0.15, 0.2) is 39.7 Å². The minimum atomic E-state index is -3.96. The topological polar surface area (TPSA) is 72.2 Å². The molecule has 112 valence electrons. The number of rotatable bonds is 3. The maximum atomic E-state index is 13.3. The van der Waals surface area contributed by atoms with Crippen LogP contribution in [0.25, 0.3) is 0 Å². The molecule has 9 heteroatoms. The number of anilines is 2. The molecule has 21 heavy (non-hydrogen) atoms. The minimum Gasteiger partial charge on any atom is -0.396 e. The molecule has 3 N–H and O–H groups in total. The van der Waals surface area contributed by atoms with E-state index in [1.54, 1.807) is 0 Å². The molecule has 0 radical (unpaired) electrons. The highest BCUT2D eigenvalue weighted by atomic mass is 79.9. The van der Waals surface area contributed by atoms with Gasteiger partial charge in [0.25, 0.3) is 10.0 Å². The minimum absolute atomic E-state index is 0.0572. The van der Waals surface area contributed by atoms with Gasteiger partial charge in [-0.3, -0.25) is 4.72 Å². The van der Waals surface area contributed by atoms with Gasteiger partial charge in [-0.2, -0.15) is 0 Å². The van der Waals surface area contributed by atoms with Crippen molar-refractivity contribution in [3.8, 4) is 0 Å². The second-order valence-corrected chi connectivity index (χ2v) is 7.36. The molecule has 2 aromatic rings. The number of sulfonamides is 1. The zero-order valence-electron chi connectivity index (χ0n) is 10.2. The zero-order chi connectivity index (χ0) is 15.8. The summed E-state index contributed by atoms with van der Waals surface area (Å²) in [6, 6.07) is 6.28. The van der Waals surface area contributed by atoms with Gasteiger partial charge in [0.2, 0.25) is 0 Å². The fourth-order valence-electron chi connectivity index (χ4n) is 1.52. The van der Waals surface area contributed by atoms with Crippen LogP contribution in [0.2, 0.25) is 10.0 Å². The molecule has 0 aliphatic carbocycles. The first-order valence-electron chi connectivity index (χ1n) is 5.43. The van der Waals surface area contributed by atoms with Crippen LogP contribution in [0, 0.1) is 5.82 Å². The largest absolute Gasteiger partial charge is 0.396 e. The van der Waals surface area contributed by atoms with Gasteiger partial charge in [0, 0.05) is 4.47 Å². The first kappa shape index (κ1) is 16.4. The lowest BCUT2D eigenvalue weighted by atomic mass is 10.3. The summed E-state index contributed by atoms with van der Waals surface area (Å²) in [4.78, 5) is -0.188. The molecule has 0 aliphatic heterocycles. The van der Waals surface area contributed by atoms with Gasteiger partial charge < -0.3 is 5.73 Å². The summed E-state index contributed by atoms with van der Waals surface area (Å²) in [5.74, 6) is -0.713. The SMILES string of the molecule is Nc1cc(S(=O)(=O)Nc2ccc(Cl)c(Cl)c2)c(Br)cc1F. The average Bonchev–Trinajstić information content (AvgIpc) is 2.37. The fraction of sp³-hybridized carbons (Fsp3) is 0. The lowest BCUT2D eigenvalue weighted by Crippen LogP contribution is -2.14. The third-order valence-electron chi connectivity index (χ3n) is 2.51. The molecule has 0 unspecified atom stereocenters. The lowest BCUT2D eigenvalue weighted by Gasteiger charge is -2.11. The van der Waals surface area contributed by atoms with Crippen molar-refractivity contribution >= 4 is 60.5 Å². The van der Waals surface area contributed by atoms with E-state index in [0.717, 1.165) is 12.1 Å². The van der Waals surface area contributed by atoms with E-state index in [0.29, 0.717) is 5.02 Å². The van der Waals surface area contributed by atoms with Crippen LogP contribution in [0.1, 0.15) is 0 Å². The van der Waals surface area contributed by atoms with Crippen LogP contribution in [0.3, 0.4) is 0 Å². The Morgan fingerprint density at radius 2 is 1.81 bits per heavy atom. The maximum Gasteiger partial charge on any atom is 0.263 e. The van der Waals surface area contributed by atoms with Crippen molar-refractivity contribution in [2.75, 3.05) is 10.5 Å². The number of hydrogen-bond donors (Lipinski definition) is 2. The lowest BCUT2D eigenvalue weighted by molar-refractivity contribution is 0.599. The Morgan fingerprint density at radius 1 is 1.14 bits per heavy atom. The van der Waals surface area contributed by atoms with Gasteiger partial charge in [0.1, 0.15) is 10.7 Å². The summed E-state index contributed by atoms with van der Waals surface area (Å²) >= 11 is 14.6. The van der Waals surface area contributed by atoms with Crippen molar-refractivity contribution in [1.82, 2.24) is 0 Å². The fourth-order valence-corrected chi connectivity index (χ4v) is 3.92. The van der Waals surface area contributed by atoms with Crippen LogP contribution in [-0.2, 0) is 10.0 Å². The quantitative estimate of drug-likeness (QED) is 0.737. The molecule has 0 saturated heterocycles. The van der Waals surface area contributed by atoms with Gasteiger partial charge in [-0.25, -0.2) is 12.8 Å². The Balaban J connectivity index is 2.43. The molecule has 0 atom stereocenters. The van der Waals surface area contributed by atoms with Crippen molar-refractivity contribution in [2.24, 2.45) is 0 Å². The predicted molar refractivity (Wildman–Crippen MR) is 85.8 cm³/mol. The summed E-state index contributed by atoms with van der Waals surface area (Å²) in [5.41, 5.74) is 5.35. The van der Waals surface area contributed by atoms with E-state index in [1.807, 2.05) is 0 Å². The average molecular weight is 414 g/mol. The summed E-state index contributed by atoms with van der Waals surface area (Å²) in [7, 11) is -3.96. The van der Waals surface area contributed by atoms with E-state index < -0.39 is 15.8 Å². The smallest absolute Gasteiger partial charge is 0.263 e. The Morgan fingerprint density at radius 3 is 2.43 bits per heavy atom. The van der Waals surface area contributed by atoms with Crippen LogP contribution < -0.4 is 10.5 Å². The van der Waals surface area contributed by atoms with Gasteiger partial charge in [0.15, 0.2) is 0 Å². The highest BCUT2D eigenvalue weighted by molar-refractivity contribution is 9.10. The molecule has 0 aliphatic rings. The second kappa shape index (κ2) is 6.00. The van der Waals surface area contributed by atoms with Crippen molar-refractivity contribution in [1.29, 1.82) is 0 Å². The predicted octanol–water partition coefficient (Wildman–Crippen LogP) is 4.28. The van der Waals surface area contributed by atoms with Crippen molar-refractivity contribution in [2.45, 2.75) is 4.90 Å². The van der Waals surface area contributed by atoms with Crippen LogP contribution >= 0.6 is 39.1 Å². The molecule has 4 nitrogen and oxygen atoms in total. The molecular weight excluding hydrogens is 406 g/mol. The molecule has 0 spiro atoms. The molecular formula is C12H8BrCl2FN2O2S. The number of nitrogen functional groups attached to an aromatic ring is 1. The van der Waals surface area contributed by atoms with Gasteiger partial charge in [-0.1, -0.05) is 23.2 Å². The number of hydrogen-bond acceptors (Lipinski definition) is 3. The summed E-state index contributed by atoms with van der Waals surface area (Å²) in [5, 5.41) is 0.501. The van der Waals surface area contributed by atoms with Gasteiger partial charge in [-0.05, 0) is 46.3 Å². The van der Waals surface area contributed by atoms with E-state index in [9.17, 15) is 12.8 Å². The van der Waals surface area contributed by atoms with E-state index in [4.69, 9.17) is 28.9 Å². The zero-order valence-corrected chi connectivity index (χ0v) is 14.1. The number of nitrogens with one attached hydrogen (secondary N) is 1. The molecule has 2 rings (SSSR count). The van der Waals surface area contributed by atoms with Gasteiger partial charge in [0.05, 0.1) is 21.4 Å². The van der Waals surface area contributed by atoms with Crippen LogP contribution in [-0.4, -0.2) is 8.42 Å². The Labute approximate surface area is 139 Å². The van der Waals surface area contributed by atoms with E-state index in [-0.39, 0.29) is 25.8 Å².